The fourth-order valence-electron chi connectivity index (χ4n) is 3.27. The number of hydrogen-bond donors (Lipinski definition) is 2. The fraction of sp³-hybridized carbons (Fsp3) is 0.533. The van der Waals surface area contributed by atoms with Crippen LogP contribution in [0.15, 0.2) is 12.1 Å². The Hall–Kier alpha value is -1.75. The van der Waals surface area contributed by atoms with Crippen LogP contribution in [0, 0.1) is 5.92 Å². The summed E-state index contributed by atoms with van der Waals surface area (Å²) in [6.07, 6.45) is 1.68. The third-order valence-corrected chi connectivity index (χ3v) is 4.31. The van der Waals surface area contributed by atoms with E-state index in [1.54, 1.807) is 0 Å². The van der Waals surface area contributed by atoms with Crippen molar-refractivity contribution in [3.8, 4) is 0 Å². The van der Waals surface area contributed by atoms with Gasteiger partial charge in [0.15, 0.2) is 0 Å². The van der Waals surface area contributed by atoms with Crippen molar-refractivity contribution in [1.82, 2.24) is 4.90 Å². The number of likely N-dealkylation sites (tertiary alicyclic amines) is 1. The van der Waals surface area contributed by atoms with Gasteiger partial charge < -0.3 is 20.9 Å². The minimum absolute atomic E-state index is 0.0524. The number of nitrogens with two attached hydrogens (primary N) is 1. The number of amides is 1. The highest BCUT2D eigenvalue weighted by molar-refractivity contribution is 6.00. The Bertz CT molecular complexity index is 543. The number of nitrogens with one attached hydrogen (secondary N) is 1. The van der Waals surface area contributed by atoms with Gasteiger partial charge in [-0.05, 0) is 43.6 Å². The zero-order valence-electron chi connectivity index (χ0n) is 12.1. The number of nitrogens with zero attached hydrogens (tertiary/aromatic N) is 2. The van der Waals surface area contributed by atoms with E-state index in [9.17, 15) is 4.79 Å². The van der Waals surface area contributed by atoms with Gasteiger partial charge in [0, 0.05) is 25.8 Å². The summed E-state index contributed by atoms with van der Waals surface area (Å²) < 4.78 is 0. The van der Waals surface area contributed by atoms with E-state index in [-0.39, 0.29) is 5.91 Å². The van der Waals surface area contributed by atoms with Gasteiger partial charge in [-0.2, -0.15) is 0 Å². The van der Waals surface area contributed by atoms with Gasteiger partial charge in [-0.25, -0.2) is 0 Å². The fourth-order valence-corrected chi connectivity index (χ4v) is 3.27. The number of rotatable bonds is 3. The lowest BCUT2D eigenvalue weighted by Gasteiger charge is -2.25. The van der Waals surface area contributed by atoms with Gasteiger partial charge in [-0.15, -0.1) is 0 Å². The maximum Gasteiger partial charge on any atom is 0.228 e. The maximum atomic E-state index is 11.4. The van der Waals surface area contributed by atoms with E-state index in [1.165, 1.54) is 13.0 Å². The quantitative estimate of drug-likeness (QED) is 0.812. The van der Waals surface area contributed by atoms with Crippen LogP contribution in [0.4, 0.5) is 17.1 Å². The van der Waals surface area contributed by atoms with Gasteiger partial charge in [0.1, 0.15) is 0 Å². The van der Waals surface area contributed by atoms with Crippen molar-refractivity contribution in [3.05, 3.63) is 17.7 Å². The first-order valence-electron chi connectivity index (χ1n) is 7.15. The second-order valence-electron chi connectivity index (χ2n) is 6.09. The Labute approximate surface area is 119 Å². The van der Waals surface area contributed by atoms with Crippen LogP contribution in [-0.4, -0.2) is 44.5 Å². The van der Waals surface area contributed by atoms with Crippen LogP contribution in [0.5, 0.6) is 0 Å². The number of fused-ring (bicyclic) bond motifs is 1. The van der Waals surface area contributed by atoms with Gasteiger partial charge in [0.05, 0.1) is 17.8 Å². The molecule has 5 heteroatoms. The highest BCUT2D eigenvalue weighted by atomic mass is 16.1. The lowest BCUT2D eigenvalue weighted by atomic mass is 10.1. The predicted molar refractivity (Wildman–Crippen MR) is 82.1 cm³/mol. The molecule has 0 spiro atoms. The molecule has 0 radical (unpaired) electrons. The molecule has 1 amide bonds. The first kappa shape index (κ1) is 13.2. The maximum absolute atomic E-state index is 11.4. The Morgan fingerprint density at radius 3 is 3.00 bits per heavy atom. The molecule has 1 atom stereocenters. The molecule has 0 bridgehead atoms. The molecule has 1 aromatic carbocycles. The van der Waals surface area contributed by atoms with E-state index < -0.39 is 0 Å². The zero-order valence-corrected chi connectivity index (χ0v) is 12.1. The first-order chi connectivity index (χ1) is 9.52. The van der Waals surface area contributed by atoms with Crippen LogP contribution < -0.4 is 16.0 Å². The Morgan fingerprint density at radius 1 is 1.50 bits per heavy atom. The van der Waals surface area contributed by atoms with Gasteiger partial charge >= 0.3 is 0 Å². The van der Waals surface area contributed by atoms with Crippen LogP contribution in [0.25, 0.3) is 0 Å². The normalized spacial score (nSPS) is 21.9. The standard InChI is InChI=1S/C15H22N4O/c1-18-4-3-10(8-18)9-19(2)14-7-13-11(5-12(14)16)6-15(20)17-13/h5,7,10H,3-4,6,8-9,16H2,1-2H3,(H,17,20). The molecule has 1 saturated heterocycles. The molecule has 2 aliphatic heterocycles. The summed E-state index contributed by atoms with van der Waals surface area (Å²) in [4.78, 5) is 16.0. The van der Waals surface area contributed by atoms with Gasteiger partial charge in [0.25, 0.3) is 0 Å². The smallest absolute Gasteiger partial charge is 0.228 e. The number of carbonyl (C=O) groups excluding carboxylic acids is 1. The lowest BCUT2D eigenvalue weighted by Crippen LogP contribution is -2.27. The number of nitrogen functional groups attached to an aromatic ring is 1. The third kappa shape index (κ3) is 2.45. The van der Waals surface area contributed by atoms with E-state index in [4.69, 9.17) is 5.73 Å². The van der Waals surface area contributed by atoms with E-state index >= 15 is 0 Å². The molecule has 3 rings (SSSR count). The summed E-state index contributed by atoms with van der Waals surface area (Å²) in [6.45, 7) is 3.32. The molecule has 0 aliphatic carbocycles. The van der Waals surface area contributed by atoms with E-state index in [2.05, 4.69) is 29.2 Å². The van der Waals surface area contributed by atoms with E-state index in [1.807, 2.05) is 12.1 Å². The Balaban J connectivity index is 1.76. The number of benzene rings is 1. The summed E-state index contributed by atoms with van der Waals surface area (Å²) in [5, 5.41) is 2.89. The van der Waals surface area contributed by atoms with Gasteiger partial charge in [-0.3, -0.25) is 4.79 Å². The summed E-state index contributed by atoms with van der Waals surface area (Å²) in [5.41, 5.74) is 9.84. The van der Waals surface area contributed by atoms with Crippen LogP contribution in [0.3, 0.4) is 0 Å². The monoisotopic (exact) mass is 274 g/mol. The van der Waals surface area contributed by atoms with Crippen molar-refractivity contribution < 1.29 is 4.79 Å². The number of anilines is 3. The molecule has 3 N–H and O–H groups in total. The molecular weight excluding hydrogens is 252 g/mol. The summed E-state index contributed by atoms with van der Waals surface area (Å²) in [7, 11) is 4.24. The Kier molecular flexibility index (Phi) is 3.30. The van der Waals surface area contributed by atoms with Gasteiger partial charge in [-0.1, -0.05) is 0 Å². The second kappa shape index (κ2) is 4.98. The molecule has 0 saturated carbocycles. The van der Waals surface area contributed by atoms with Crippen LogP contribution in [0.2, 0.25) is 0 Å². The average Bonchev–Trinajstić information content (AvgIpc) is 2.93. The topological polar surface area (TPSA) is 61.6 Å². The molecule has 108 valence electrons. The van der Waals surface area contributed by atoms with Crippen molar-refractivity contribution in [1.29, 1.82) is 0 Å². The minimum Gasteiger partial charge on any atom is -0.397 e. The molecule has 2 aliphatic rings. The summed E-state index contributed by atoms with van der Waals surface area (Å²) in [6, 6.07) is 3.94. The van der Waals surface area contributed by atoms with Crippen molar-refractivity contribution in [3.63, 3.8) is 0 Å². The first-order valence-corrected chi connectivity index (χ1v) is 7.15. The molecule has 0 aromatic heterocycles. The molecule has 20 heavy (non-hydrogen) atoms. The zero-order chi connectivity index (χ0) is 14.3. The van der Waals surface area contributed by atoms with Crippen molar-refractivity contribution >= 4 is 23.0 Å². The largest absolute Gasteiger partial charge is 0.397 e. The highest BCUT2D eigenvalue weighted by Gasteiger charge is 2.24. The minimum atomic E-state index is 0.0524. The number of carbonyl (C=O) groups is 1. The van der Waals surface area contributed by atoms with E-state index in [0.29, 0.717) is 12.3 Å². The SMILES string of the molecule is CN1CCC(CN(C)c2cc3c(cc2N)CC(=O)N3)C1. The molecule has 5 nitrogen and oxygen atoms in total. The number of hydrogen-bond acceptors (Lipinski definition) is 4. The molecular formula is C15H22N4O. The van der Waals surface area contributed by atoms with Crippen LogP contribution >= 0.6 is 0 Å². The van der Waals surface area contributed by atoms with E-state index in [0.717, 1.165) is 35.7 Å². The second-order valence-corrected chi connectivity index (χ2v) is 6.09. The third-order valence-electron chi connectivity index (χ3n) is 4.31. The highest BCUT2D eigenvalue weighted by Crippen LogP contribution is 2.34. The van der Waals surface area contributed by atoms with Crippen LogP contribution in [0.1, 0.15) is 12.0 Å². The molecule has 1 unspecified atom stereocenters. The van der Waals surface area contributed by atoms with Crippen molar-refractivity contribution in [2.24, 2.45) is 5.92 Å². The summed E-state index contributed by atoms with van der Waals surface area (Å²) in [5.74, 6) is 0.740. The van der Waals surface area contributed by atoms with Crippen molar-refractivity contribution in [2.45, 2.75) is 12.8 Å². The Morgan fingerprint density at radius 2 is 2.30 bits per heavy atom. The average molecular weight is 274 g/mol. The lowest BCUT2D eigenvalue weighted by molar-refractivity contribution is -0.115. The predicted octanol–water partition coefficient (Wildman–Crippen LogP) is 1.15. The van der Waals surface area contributed by atoms with Gasteiger partial charge in [0.2, 0.25) is 5.91 Å². The molecule has 1 fully saturated rings. The molecule has 2 heterocycles. The summed E-state index contributed by atoms with van der Waals surface area (Å²) >= 11 is 0. The van der Waals surface area contributed by atoms with Crippen LogP contribution in [-0.2, 0) is 11.2 Å². The van der Waals surface area contributed by atoms with Crippen molar-refractivity contribution in [2.75, 3.05) is 49.7 Å². The molecule has 1 aromatic rings.